The summed E-state index contributed by atoms with van der Waals surface area (Å²) >= 11 is 0. The number of ether oxygens (including phenoxy) is 1. The van der Waals surface area contributed by atoms with Gasteiger partial charge in [-0.1, -0.05) is 19.9 Å². The Bertz CT molecular complexity index is 843. The first-order valence-corrected chi connectivity index (χ1v) is 7.59. The van der Waals surface area contributed by atoms with E-state index in [1.165, 1.54) is 18.2 Å². The normalized spacial score (nSPS) is 22.7. The van der Waals surface area contributed by atoms with Gasteiger partial charge in [0.1, 0.15) is 28.9 Å². The van der Waals surface area contributed by atoms with Crippen molar-refractivity contribution in [3.63, 3.8) is 0 Å². The largest absolute Gasteiger partial charge is 0.508 e. The van der Waals surface area contributed by atoms with Gasteiger partial charge in [0.05, 0.1) is 5.92 Å². The van der Waals surface area contributed by atoms with Crippen LogP contribution >= 0.6 is 0 Å². The molecular weight excluding hydrogens is 308 g/mol. The minimum atomic E-state index is -0.789. The van der Waals surface area contributed by atoms with Gasteiger partial charge in [0, 0.05) is 30.0 Å². The molecule has 0 amide bonds. The van der Waals surface area contributed by atoms with Gasteiger partial charge in [-0.3, -0.25) is 4.79 Å². The lowest BCUT2D eigenvalue weighted by Crippen LogP contribution is -2.33. The molecule has 1 aromatic carbocycles. The first-order valence-electron chi connectivity index (χ1n) is 7.59. The fourth-order valence-electron chi connectivity index (χ4n) is 3.37. The molecule has 1 aliphatic carbocycles. The van der Waals surface area contributed by atoms with Gasteiger partial charge in [-0.15, -0.1) is 0 Å². The average Bonchev–Trinajstić information content (AvgIpc) is 2.44. The minimum absolute atomic E-state index is 0.0563. The Morgan fingerprint density at radius 3 is 2.67 bits per heavy atom. The highest BCUT2D eigenvalue weighted by Gasteiger charge is 2.43. The number of allylic oxidation sites excluding steroid dienone is 3. The van der Waals surface area contributed by atoms with Crippen molar-refractivity contribution in [3.8, 4) is 17.6 Å². The van der Waals surface area contributed by atoms with Gasteiger partial charge in [0.25, 0.3) is 0 Å². The number of nitrogens with zero attached hydrogens (tertiary/aromatic N) is 1. The number of Topliss-reactive ketones (excluding diaryl/α,β-unsaturated/α-hetero) is 1. The highest BCUT2D eigenvalue weighted by molar-refractivity contribution is 6.00. The Morgan fingerprint density at radius 2 is 2.04 bits per heavy atom. The molecule has 2 aliphatic rings. The zero-order valence-electron chi connectivity index (χ0n) is 13.5. The maximum atomic E-state index is 12.7. The van der Waals surface area contributed by atoms with E-state index in [9.17, 15) is 20.3 Å². The maximum absolute atomic E-state index is 12.7. The fraction of sp³-hybridized carbons (Fsp3) is 0.333. The Labute approximate surface area is 139 Å². The van der Waals surface area contributed by atoms with Gasteiger partial charge in [0.15, 0.2) is 5.78 Å². The van der Waals surface area contributed by atoms with E-state index in [4.69, 9.17) is 10.5 Å². The van der Waals surface area contributed by atoms with Crippen molar-refractivity contribution in [2.75, 3.05) is 0 Å². The zero-order valence-corrected chi connectivity index (χ0v) is 13.5. The molecule has 24 heavy (non-hydrogen) atoms. The van der Waals surface area contributed by atoms with Crippen LogP contribution in [0.2, 0.25) is 0 Å². The Balaban J connectivity index is 2.22. The fourth-order valence-corrected chi connectivity index (χ4v) is 3.37. The summed E-state index contributed by atoms with van der Waals surface area (Å²) in [7, 11) is 0. The van der Waals surface area contributed by atoms with Crippen molar-refractivity contribution in [2.45, 2.75) is 32.6 Å². The van der Waals surface area contributed by atoms with E-state index in [2.05, 4.69) is 0 Å². The predicted molar refractivity (Wildman–Crippen MR) is 85.5 cm³/mol. The van der Waals surface area contributed by atoms with E-state index in [1.807, 2.05) is 19.9 Å². The number of ketones is 1. The molecular formula is C18H18N2O4. The molecule has 6 heteroatoms. The third-order valence-electron chi connectivity index (χ3n) is 4.40. The number of rotatable bonds is 1. The lowest BCUT2D eigenvalue weighted by molar-refractivity contribution is -0.119. The van der Waals surface area contributed by atoms with E-state index in [-0.39, 0.29) is 34.2 Å². The van der Waals surface area contributed by atoms with E-state index in [0.29, 0.717) is 29.7 Å². The van der Waals surface area contributed by atoms with Crippen LogP contribution in [0.15, 0.2) is 41.0 Å². The van der Waals surface area contributed by atoms with Crippen LogP contribution in [-0.4, -0.2) is 16.0 Å². The molecule has 6 nitrogen and oxygen atoms in total. The molecule has 0 bridgehead atoms. The number of carbonyl (C=O) groups is 1. The summed E-state index contributed by atoms with van der Waals surface area (Å²) in [6.07, 6.45) is 0.839. The number of hydrogen-bond donors (Lipinski definition) is 3. The molecule has 0 aromatic heterocycles. The smallest absolute Gasteiger partial charge is 0.205 e. The number of nitrogens with two attached hydrogens (primary N) is 1. The number of hydrogen-bond acceptors (Lipinski definition) is 6. The number of aromatic hydroxyl groups is 2. The molecule has 124 valence electrons. The van der Waals surface area contributed by atoms with Crippen molar-refractivity contribution in [2.24, 2.45) is 11.1 Å². The van der Waals surface area contributed by atoms with Gasteiger partial charge in [-0.05, 0) is 11.5 Å². The van der Waals surface area contributed by atoms with Crippen molar-refractivity contribution in [1.29, 1.82) is 5.26 Å². The number of carbonyl (C=O) groups excluding carboxylic acids is 1. The monoisotopic (exact) mass is 326 g/mol. The van der Waals surface area contributed by atoms with Crippen molar-refractivity contribution in [3.05, 3.63) is 46.6 Å². The van der Waals surface area contributed by atoms with Gasteiger partial charge >= 0.3 is 0 Å². The van der Waals surface area contributed by atoms with Crippen molar-refractivity contribution >= 4 is 5.78 Å². The summed E-state index contributed by atoms with van der Waals surface area (Å²) in [6.45, 7) is 3.93. The topological polar surface area (TPSA) is 117 Å². The highest BCUT2D eigenvalue weighted by Crippen LogP contribution is 2.49. The van der Waals surface area contributed by atoms with E-state index < -0.39 is 5.92 Å². The summed E-state index contributed by atoms with van der Waals surface area (Å²) in [4.78, 5) is 12.7. The second-order valence-corrected chi connectivity index (χ2v) is 6.95. The first-order chi connectivity index (χ1) is 11.2. The van der Waals surface area contributed by atoms with Gasteiger partial charge < -0.3 is 20.7 Å². The molecule has 1 heterocycles. The predicted octanol–water partition coefficient (Wildman–Crippen LogP) is 2.55. The first kappa shape index (κ1) is 15.9. The van der Waals surface area contributed by atoms with Gasteiger partial charge in [0.2, 0.25) is 5.88 Å². The second-order valence-electron chi connectivity index (χ2n) is 6.95. The number of phenolic OH excluding ortho intramolecular Hbond substituents is 2. The summed E-state index contributed by atoms with van der Waals surface area (Å²) in [5, 5.41) is 29.2. The van der Waals surface area contributed by atoms with Crippen LogP contribution in [0.3, 0.4) is 0 Å². The van der Waals surface area contributed by atoms with Crippen molar-refractivity contribution < 1.29 is 19.7 Å². The maximum Gasteiger partial charge on any atom is 0.205 e. The Morgan fingerprint density at radius 1 is 1.33 bits per heavy atom. The van der Waals surface area contributed by atoms with Crippen LogP contribution < -0.4 is 5.73 Å². The summed E-state index contributed by atoms with van der Waals surface area (Å²) < 4.78 is 5.58. The number of nitriles is 1. The summed E-state index contributed by atoms with van der Waals surface area (Å²) in [5.41, 5.74) is 6.43. The summed E-state index contributed by atoms with van der Waals surface area (Å²) in [6, 6.07) is 6.05. The minimum Gasteiger partial charge on any atom is -0.508 e. The van der Waals surface area contributed by atoms with Gasteiger partial charge in [-0.25, -0.2) is 0 Å². The molecule has 1 aromatic rings. The SMILES string of the molecule is CC1(C)CC(=O)C2=C(C1)OC(N)=C(C#N)[C@@H]2c1ccc(O)cc1O. The Hall–Kier alpha value is -2.94. The molecule has 0 fully saturated rings. The van der Waals surface area contributed by atoms with Crippen LogP contribution in [0.5, 0.6) is 11.5 Å². The molecule has 0 radical (unpaired) electrons. The van der Waals surface area contributed by atoms with Gasteiger partial charge in [-0.2, -0.15) is 5.26 Å². The lowest BCUT2D eigenvalue weighted by atomic mass is 9.70. The molecule has 1 aliphatic heterocycles. The molecule has 1 atom stereocenters. The van der Waals surface area contributed by atoms with E-state index in [0.717, 1.165) is 0 Å². The molecule has 0 saturated carbocycles. The van der Waals surface area contributed by atoms with Crippen LogP contribution in [0, 0.1) is 16.7 Å². The van der Waals surface area contributed by atoms with E-state index >= 15 is 0 Å². The summed E-state index contributed by atoms with van der Waals surface area (Å²) in [5.74, 6) is -0.831. The van der Waals surface area contributed by atoms with Crippen LogP contribution in [0.25, 0.3) is 0 Å². The van der Waals surface area contributed by atoms with Crippen molar-refractivity contribution in [1.82, 2.24) is 0 Å². The molecule has 0 saturated heterocycles. The number of phenols is 2. The van der Waals surface area contributed by atoms with Crippen LogP contribution in [-0.2, 0) is 9.53 Å². The molecule has 3 rings (SSSR count). The quantitative estimate of drug-likeness (QED) is 0.730. The zero-order chi connectivity index (χ0) is 17.6. The lowest BCUT2D eigenvalue weighted by Gasteiger charge is -2.37. The third kappa shape index (κ3) is 2.48. The second kappa shape index (κ2) is 5.31. The highest BCUT2D eigenvalue weighted by atomic mass is 16.5. The third-order valence-corrected chi connectivity index (χ3v) is 4.40. The average molecular weight is 326 g/mol. The molecule has 0 unspecified atom stereocenters. The van der Waals surface area contributed by atoms with Crippen LogP contribution in [0.4, 0.5) is 0 Å². The Kier molecular flexibility index (Phi) is 3.52. The molecule has 4 N–H and O–H groups in total. The van der Waals surface area contributed by atoms with Crippen LogP contribution in [0.1, 0.15) is 38.2 Å². The number of benzene rings is 1. The van der Waals surface area contributed by atoms with E-state index in [1.54, 1.807) is 0 Å². The standard InChI is InChI=1S/C18H18N2O4/c1-18(2)6-13(23)16-14(7-18)24-17(20)11(8-19)15(16)10-4-3-9(21)5-12(10)22/h3-5,15,21-22H,6-7,20H2,1-2H3/t15-/m0/s1. The molecule has 0 spiro atoms.